The number of amides is 1. The zero-order chi connectivity index (χ0) is 23.8. The average molecular weight is 465 g/mol. The van der Waals surface area contributed by atoms with Crippen LogP contribution in [0.3, 0.4) is 0 Å². The van der Waals surface area contributed by atoms with Gasteiger partial charge in [-0.15, -0.1) is 10.2 Å². The van der Waals surface area contributed by atoms with Crippen molar-refractivity contribution in [1.82, 2.24) is 15.1 Å². The van der Waals surface area contributed by atoms with Gasteiger partial charge in [0.1, 0.15) is 11.9 Å². The number of benzene rings is 3. The molecule has 1 amide bonds. The van der Waals surface area contributed by atoms with Crippen LogP contribution in [0.25, 0.3) is 11.5 Å². The van der Waals surface area contributed by atoms with E-state index in [0.717, 1.165) is 0 Å². The molecular weight excluding hydrogens is 447 g/mol. The summed E-state index contributed by atoms with van der Waals surface area (Å²) < 4.78 is 44.2. The summed E-state index contributed by atoms with van der Waals surface area (Å²) in [6, 6.07) is 18.5. The molecule has 172 valence electrons. The van der Waals surface area contributed by atoms with Gasteiger partial charge in [-0.05, 0) is 41.0 Å². The maximum atomic E-state index is 13.6. The van der Waals surface area contributed by atoms with E-state index in [-0.39, 0.29) is 18.3 Å². The van der Waals surface area contributed by atoms with E-state index in [2.05, 4.69) is 10.2 Å². The standard InChI is InChI=1S/C25H18F3N3O3/c26-18-10-8-14(9-11-18)20(21(32)15-4-2-1-3-5-15)31-13-17-7-6-16(12-19(17)25(31)33)23-29-30-24(34-23)22(27)28/h1-12,20-22,32H,13H2/t20-,21+/m0/s1. The minimum absolute atomic E-state index is 0.122. The Kier molecular flexibility index (Phi) is 5.62. The third-order valence-corrected chi connectivity index (χ3v) is 5.80. The van der Waals surface area contributed by atoms with E-state index in [4.69, 9.17) is 4.42 Å². The number of rotatable bonds is 6. The summed E-state index contributed by atoms with van der Waals surface area (Å²) in [5.74, 6) is -1.72. The third-order valence-electron chi connectivity index (χ3n) is 5.80. The van der Waals surface area contributed by atoms with Crippen LogP contribution < -0.4 is 0 Å². The van der Waals surface area contributed by atoms with Gasteiger partial charge >= 0.3 is 6.43 Å². The molecule has 0 saturated carbocycles. The molecule has 0 fully saturated rings. The van der Waals surface area contributed by atoms with Gasteiger partial charge in [0.05, 0.1) is 6.04 Å². The molecule has 1 N–H and O–H groups in total. The minimum atomic E-state index is -2.90. The first kappa shape index (κ1) is 21.8. The molecular formula is C25H18F3N3O3. The van der Waals surface area contributed by atoms with Crippen molar-refractivity contribution >= 4 is 5.91 Å². The molecule has 6 nitrogen and oxygen atoms in total. The minimum Gasteiger partial charge on any atom is -0.415 e. The van der Waals surface area contributed by atoms with E-state index in [1.165, 1.54) is 35.2 Å². The summed E-state index contributed by atoms with van der Waals surface area (Å²) >= 11 is 0. The number of nitrogens with zero attached hydrogens (tertiary/aromatic N) is 3. The molecule has 0 unspecified atom stereocenters. The number of fused-ring (bicyclic) bond motifs is 1. The van der Waals surface area contributed by atoms with Crippen LogP contribution in [0.4, 0.5) is 13.2 Å². The van der Waals surface area contributed by atoms with E-state index in [9.17, 15) is 23.1 Å². The van der Waals surface area contributed by atoms with Crippen LogP contribution in [0.2, 0.25) is 0 Å². The molecule has 1 aromatic heterocycles. The average Bonchev–Trinajstić information content (AvgIpc) is 3.47. The normalized spacial score (nSPS) is 15.0. The van der Waals surface area contributed by atoms with Gasteiger partial charge in [-0.1, -0.05) is 48.5 Å². The monoisotopic (exact) mass is 465 g/mol. The number of hydrogen-bond acceptors (Lipinski definition) is 5. The second-order valence-corrected chi connectivity index (χ2v) is 7.90. The molecule has 0 saturated heterocycles. The van der Waals surface area contributed by atoms with Gasteiger partial charge in [-0.2, -0.15) is 8.78 Å². The van der Waals surface area contributed by atoms with Crippen LogP contribution in [0.5, 0.6) is 0 Å². The first-order valence-electron chi connectivity index (χ1n) is 10.5. The SMILES string of the molecule is O=C1c2cc(-c3nnc(C(F)F)o3)ccc2CN1[C@@H](c1ccc(F)cc1)[C@H](O)c1ccccc1. The van der Waals surface area contributed by atoms with E-state index in [0.29, 0.717) is 27.8 Å². The van der Waals surface area contributed by atoms with Crippen LogP contribution in [-0.4, -0.2) is 26.1 Å². The van der Waals surface area contributed by atoms with E-state index in [1.807, 2.05) is 6.07 Å². The zero-order valence-electron chi connectivity index (χ0n) is 17.6. The summed E-state index contributed by atoms with van der Waals surface area (Å²) in [6.07, 6.45) is -3.97. The Morgan fingerprint density at radius 1 is 0.941 bits per heavy atom. The predicted molar refractivity (Wildman–Crippen MR) is 115 cm³/mol. The summed E-state index contributed by atoms with van der Waals surface area (Å²) in [5, 5.41) is 18.2. The molecule has 1 aliphatic heterocycles. The molecule has 0 radical (unpaired) electrons. The van der Waals surface area contributed by atoms with Gasteiger partial charge in [-0.25, -0.2) is 4.39 Å². The third kappa shape index (κ3) is 3.94. The van der Waals surface area contributed by atoms with E-state index < -0.39 is 30.3 Å². The second kappa shape index (κ2) is 8.75. The van der Waals surface area contributed by atoms with Crippen molar-refractivity contribution in [1.29, 1.82) is 0 Å². The van der Waals surface area contributed by atoms with E-state index in [1.54, 1.807) is 36.4 Å². The number of halogens is 3. The Morgan fingerprint density at radius 2 is 1.68 bits per heavy atom. The van der Waals surface area contributed by atoms with Crippen molar-refractivity contribution in [2.24, 2.45) is 0 Å². The number of alkyl halides is 2. The van der Waals surface area contributed by atoms with Crippen molar-refractivity contribution < 1.29 is 27.5 Å². The summed E-state index contributed by atoms with van der Waals surface area (Å²) in [7, 11) is 0. The van der Waals surface area contributed by atoms with Gasteiger partial charge in [0, 0.05) is 17.7 Å². The molecule has 0 aliphatic carbocycles. The number of carbonyl (C=O) groups is 1. The van der Waals surface area contributed by atoms with Gasteiger partial charge in [0.2, 0.25) is 5.89 Å². The molecule has 34 heavy (non-hydrogen) atoms. The molecule has 0 spiro atoms. The molecule has 2 heterocycles. The molecule has 0 bridgehead atoms. The number of aliphatic hydroxyl groups excluding tert-OH is 1. The highest BCUT2D eigenvalue weighted by Gasteiger charge is 2.38. The van der Waals surface area contributed by atoms with Crippen LogP contribution in [0, 0.1) is 5.82 Å². The Morgan fingerprint density at radius 3 is 2.35 bits per heavy atom. The highest BCUT2D eigenvalue weighted by molar-refractivity contribution is 5.99. The lowest BCUT2D eigenvalue weighted by Gasteiger charge is -2.32. The van der Waals surface area contributed by atoms with Crippen molar-refractivity contribution in [3.63, 3.8) is 0 Å². The molecule has 9 heteroatoms. The fourth-order valence-electron chi connectivity index (χ4n) is 4.15. The fraction of sp³-hybridized carbons (Fsp3) is 0.160. The summed E-state index contributed by atoms with van der Waals surface area (Å²) in [5.41, 5.74) is 2.52. The Labute approximate surface area is 192 Å². The molecule has 3 aromatic carbocycles. The molecule has 4 aromatic rings. The fourth-order valence-corrected chi connectivity index (χ4v) is 4.15. The maximum absolute atomic E-state index is 13.6. The number of hydrogen-bond donors (Lipinski definition) is 1. The number of carbonyl (C=O) groups excluding carboxylic acids is 1. The Hall–Kier alpha value is -3.98. The second-order valence-electron chi connectivity index (χ2n) is 7.90. The van der Waals surface area contributed by atoms with Gasteiger partial charge < -0.3 is 14.4 Å². The van der Waals surface area contributed by atoms with Crippen LogP contribution in [0.15, 0.2) is 77.2 Å². The van der Waals surface area contributed by atoms with Crippen LogP contribution in [-0.2, 0) is 6.54 Å². The first-order chi connectivity index (χ1) is 16.4. The summed E-state index contributed by atoms with van der Waals surface area (Å²) in [6.45, 7) is 0.201. The quantitative estimate of drug-likeness (QED) is 0.421. The van der Waals surface area contributed by atoms with Crippen molar-refractivity contribution in [2.45, 2.75) is 25.1 Å². The van der Waals surface area contributed by atoms with Crippen LogP contribution in [0.1, 0.15) is 51.5 Å². The maximum Gasteiger partial charge on any atom is 0.314 e. The van der Waals surface area contributed by atoms with Crippen LogP contribution >= 0.6 is 0 Å². The zero-order valence-corrected chi connectivity index (χ0v) is 17.6. The van der Waals surface area contributed by atoms with Gasteiger partial charge in [0.15, 0.2) is 0 Å². The summed E-state index contributed by atoms with van der Waals surface area (Å²) in [4.78, 5) is 15.0. The van der Waals surface area contributed by atoms with E-state index >= 15 is 0 Å². The lowest BCUT2D eigenvalue weighted by Crippen LogP contribution is -2.33. The lowest BCUT2D eigenvalue weighted by atomic mass is 9.94. The highest BCUT2D eigenvalue weighted by Crippen LogP contribution is 2.40. The largest absolute Gasteiger partial charge is 0.415 e. The van der Waals surface area contributed by atoms with Gasteiger partial charge in [-0.3, -0.25) is 4.79 Å². The smallest absolute Gasteiger partial charge is 0.314 e. The first-order valence-corrected chi connectivity index (χ1v) is 10.5. The lowest BCUT2D eigenvalue weighted by molar-refractivity contribution is 0.0360. The number of aromatic nitrogens is 2. The van der Waals surface area contributed by atoms with Crippen molar-refractivity contribution in [2.75, 3.05) is 0 Å². The Balaban J connectivity index is 1.51. The van der Waals surface area contributed by atoms with Crippen molar-refractivity contribution in [3.8, 4) is 11.5 Å². The molecule has 2 atom stereocenters. The molecule has 1 aliphatic rings. The van der Waals surface area contributed by atoms with Gasteiger partial charge in [0.25, 0.3) is 11.8 Å². The predicted octanol–water partition coefficient (Wildman–Crippen LogP) is 5.24. The topological polar surface area (TPSA) is 79.5 Å². The Bertz CT molecular complexity index is 1330. The van der Waals surface area contributed by atoms with Crippen molar-refractivity contribution in [3.05, 3.63) is 107 Å². The highest BCUT2D eigenvalue weighted by atomic mass is 19.3. The molecule has 5 rings (SSSR count). The number of aliphatic hydroxyl groups is 1.